The summed E-state index contributed by atoms with van der Waals surface area (Å²) >= 11 is 0. The molecule has 0 atom stereocenters. The first-order valence-corrected chi connectivity index (χ1v) is 4.97. The van der Waals surface area contributed by atoms with Gasteiger partial charge in [-0.25, -0.2) is 0 Å². The molecule has 1 aromatic rings. The predicted molar refractivity (Wildman–Crippen MR) is 58.4 cm³/mol. The summed E-state index contributed by atoms with van der Waals surface area (Å²) in [7, 11) is 0. The topological polar surface area (TPSA) is 48.5 Å². The monoisotopic (exact) mass is 204 g/mol. The summed E-state index contributed by atoms with van der Waals surface area (Å²) in [6, 6.07) is 6.54. The quantitative estimate of drug-likeness (QED) is 0.710. The number of rotatable bonds is 3. The van der Waals surface area contributed by atoms with E-state index in [2.05, 4.69) is 4.98 Å². The lowest BCUT2D eigenvalue weighted by atomic mass is 10.2. The SMILES string of the molecule is CCN(CC)C(=O)c1ccc([N+]#N)cc1. The molecule has 0 radical (unpaired) electrons. The van der Waals surface area contributed by atoms with Crippen LogP contribution in [0.5, 0.6) is 0 Å². The molecule has 0 spiro atoms. The molecular weight excluding hydrogens is 190 g/mol. The smallest absolute Gasteiger partial charge is 0.339 e. The van der Waals surface area contributed by atoms with E-state index < -0.39 is 0 Å². The molecule has 0 unspecified atom stereocenters. The highest BCUT2D eigenvalue weighted by molar-refractivity contribution is 5.94. The molecule has 0 aliphatic rings. The Morgan fingerprint density at radius 2 is 1.80 bits per heavy atom. The molecule has 4 heteroatoms. The molecule has 0 aliphatic heterocycles. The number of carbonyl (C=O) groups excluding carboxylic acids is 1. The summed E-state index contributed by atoms with van der Waals surface area (Å²) < 4.78 is 0. The number of diazo groups is 1. The number of benzene rings is 1. The van der Waals surface area contributed by atoms with Gasteiger partial charge in [0.2, 0.25) is 5.39 Å². The van der Waals surface area contributed by atoms with Crippen molar-refractivity contribution in [1.82, 2.24) is 4.90 Å². The molecule has 0 aromatic heterocycles. The normalized spacial score (nSPS) is 9.40. The molecule has 0 saturated heterocycles. The molecule has 0 bridgehead atoms. The Balaban J connectivity index is 2.88. The highest BCUT2D eigenvalue weighted by Crippen LogP contribution is 2.13. The number of carbonyl (C=O) groups is 1. The highest BCUT2D eigenvalue weighted by atomic mass is 16.2. The second kappa shape index (κ2) is 5.11. The van der Waals surface area contributed by atoms with Gasteiger partial charge in [0.1, 0.15) is 0 Å². The van der Waals surface area contributed by atoms with Crippen LogP contribution in [0.15, 0.2) is 24.3 Å². The molecule has 4 nitrogen and oxygen atoms in total. The van der Waals surface area contributed by atoms with Crippen LogP contribution in [0.2, 0.25) is 0 Å². The van der Waals surface area contributed by atoms with Crippen LogP contribution in [0, 0.1) is 5.39 Å². The molecule has 15 heavy (non-hydrogen) atoms. The summed E-state index contributed by atoms with van der Waals surface area (Å²) in [5.74, 6) is 0.00416. The van der Waals surface area contributed by atoms with Crippen LogP contribution in [-0.2, 0) is 0 Å². The summed E-state index contributed by atoms with van der Waals surface area (Å²) in [4.78, 5) is 16.6. The standard InChI is InChI=1S/C11H14N3O/c1-3-14(4-2)11(15)9-5-7-10(13-12)8-6-9/h5-8H,3-4H2,1-2H3/q+1. The zero-order chi connectivity index (χ0) is 11.3. The average Bonchev–Trinajstić information content (AvgIpc) is 2.30. The van der Waals surface area contributed by atoms with Crippen molar-refractivity contribution in [3.05, 3.63) is 34.8 Å². The van der Waals surface area contributed by atoms with E-state index in [-0.39, 0.29) is 5.91 Å². The summed E-state index contributed by atoms with van der Waals surface area (Å²) in [6.07, 6.45) is 0. The lowest BCUT2D eigenvalue weighted by Crippen LogP contribution is -2.30. The van der Waals surface area contributed by atoms with E-state index in [0.29, 0.717) is 24.3 Å². The second-order valence-corrected chi connectivity index (χ2v) is 3.12. The molecular formula is C11H14N3O+. The predicted octanol–water partition coefficient (Wildman–Crippen LogP) is 2.65. The van der Waals surface area contributed by atoms with Gasteiger partial charge >= 0.3 is 5.69 Å². The zero-order valence-electron chi connectivity index (χ0n) is 8.97. The molecule has 78 valence electrons. The van der Waals surface area contributed by atoms with Gasteiger partial charge in [0, 0.05) is 30.8 Å². The van der Waals surface area contributed by atoms with Gasteiger partial charge in [0.15, 0.2) is 4.98 Å². The minimum atomic E-state index is 0.00416. The minimum Gasteiger partial charge on any atom is -0.339 e. The number of amides is 1. The van der Waals surface area contributed by atoms with Gasteiger partial charge < -0.3 is 4.90 Å². The fourth-order valence-corrected chi connectivity index (χ4v) is 1.36. The van der Waals surface area contributed by atoms with Gasteiger partial charge in [0.05, 0.1) is 0 Å². The fraction of sp³-hybridized carbons (Fsp3) is 0.364. The van der Waals surface area contributed by atoms with E-state index in [0.717, 1.165) is 0 Å². The summed E-state index contributed by atoms with van der Waals surface area (Å²) in [5, 5.41) is 8.50. The Morgan fingerprint density at radius 3 is 2.20 bits per heavy atom. The molecule has 0 N–H and O–H groups in total. The Bertz CT molecular complexity index is 374. The van der Waals surface area contributed by atoms with Crippen molar-refractivity contribution in [3.8, 4) is 0 Å². The lowest BCUT2D eigenvalue weighted by molar-refractivity contribution is 0.0773. The van der Waals surface area contributed by atoms with Gasteiger partial charge in [-0.2, -0.15) is 0 Å². The molecule has 0 saturated carbocycles. The molecule has 0 heterocycles. The second-order valence-electron chi connectivity index (χ2n) is 3.12. The van der Waals surface area contributed by atoms with E-state index in [4.69, 9.17) is 5.39 Å². The van der Waals surface area contributed by atoms with Gasteiger partial charge in [0.25, 0.3) is 5.91 Å². The van der Waals surface area contributed by atoms with E-state index in [1.807, 2.05) is 13.8 Å². The molecule has 1 amide bonds. The summed E-state index contributed by atoms with van der Waals surface area (Å²) in [5.41, 5.74) is 1.07. The maximum Gasteiger partial charge on any atom is 0.385 e. The van der Waals surface area contributed by atoms with Crippen LogP contribution in [0.3, 0.4) is 0 Å². The van der Waals surface area contributed by atoms with E-state index >= 15 is 0 Å². The third-order valence-corrected chi connectivity index (χ3v) is 2.28. The minimum absolute atomic E-state index is 0.00416. The van der Waals surface area contributed by atoms with Crippen molar-refractivity contribution in [3.63, 3.8) is 0 Å². The van der Waals surface area contributed by atoms with Crippen molar-refractivity contribution in [2.75, 3.05) is 13.1 Å². The van der Waals surface area contributed by atoms with Crippen LogP contribution in [0.1, 0.15) is 24.2 Å². The third-order valence-electron chi connectivity index (χ3n) is 2.28. The summed E-state index contributed by atoms with van der Waals surface area (Å²) in [6.45, 7) is 5.28. The maximum absolute atomic E-state index is 11.8. The number of hydrogen-bond acceptors (Lipinski definition) is 2. The van der Waals surface area contributed by atoms with Crippen molar-refractivity contribution in [2.24, 2.45) is 0 Å². The Morgan fingerprint density at radius 1 is 1.27 bits per heavy atom. The van der Waals surface area contributed by atoms with E-state index in [1.54, 1.807) is 29.2 Å². The Hall–Kier alpha value is -1.89. The van der Waals surface area contributed by atoms with Crippen LogP contribution in [-0.4, -0.2) is 23.9 Å². The first-order chi connectivity index (χ1) is 7.22. The van der Waals surface area contributed by atoms with Gasteiger partial charge in [-0.15, -0.1) is 0 Å². The van der Waals surface area contributed by atoms with Crippen LogP contribution in [0.25, 0.3) is 4.98 Å². The van der Waals surface area contributed by atoms with E-state index in [1.165, 1.54) is 0 Å². The third kappa shape index (κ3) is 2.53. The van der Waals surface area contributed by atoms with Crippen LogP contribution in [0.4, 0.5) is 5.69 Å². The lowest BCUT2D eigenvalue weighted by Gasteiger charge is -2.18. The number of hydrogen-bond donors (Lipinski definition) is 0. The molecule has 0 aliphatic carbocycles. The Kier molecular flexibility index (Phi) is 3.81. The van der Waals surface area contributed by atoms with Crippen LogP contribution < -0.4 is 0 Å². The first kappa shape index (κ1) is 11.2. The largest absolute Gasteiger partial charge is 0.385 e. The first-order valence-electron chi connectivity index (χ1n) is 4.97. The number of nitrogens with zero attached hydrogens (tertiary/aromatic N) is 3. The molecule has 0 fully saturated rings. The highest BCUT2D eigenvalue weighted by Gasteiger charge is 2.13. The van der Waals surface area contributed by atoms with Gasteiger partial charge in [-0.05, 0) is 26.0 Å². The fourth-order valence-electron chi connectivity index (χ4n) is 1.36. The van der Waals surface area contributed by atoms with Crippen molar-refractivity contribution in [1.29, 1.82) is 5.39 Å². The van der Waals surface area contributed by atoms with E-state index in [9.17, 15) is 4.79 Å². The molecule has 1 aromatic carbocycles. The van der Waals surface area contributed by atoms with Gasteiger partial charge in [-0.1, -0.05) is 0 Å². The van der Waals surface area contributed by atoms with Crippen molar-refractivity contribution in [2.45, 2.75) is 13.8 Å². The Labute approximate surface area is 89.1 Å². The zero-order valence-corrected chi connectivity index (χ0v) is 8.97. The maximum atomic E-state index is 11.8. The van der Waals surface area contributed by atoms with Crippen LogP contribution >= 0.6 is 0 Å². The van der Waals surface area contributed by atoms with Crippen molar-refractivity contribution < 1.29 is 4.79 Å². The average molecular weight is 204 g/mol. The van der Waals surface area contributed by atoms with Crippen molar-refractivity contribution >= 4 is 11.6 Å². The van der Waals surface area contributed by atoms with Gasteiger partial charge in [-0.3, -0.25) is 4.79 Å². The molecule has 1 rings (SSSR count).